The molecule has 16 heavy (non-hydrogen) atoms. The second-order valence-electron chi connectivity index (χ2n) is 3.60. The summed E-state index contributed by atoms with van der Waals surface area (Å²) in [6, 6.07) is 14.6. The first-order valence-electron chi connectivity index (χ1n) is 5.04. The number of nitrogens with zero attached hydrogens (tertiary/aromatic N) is 1. The summed E-state index contributed by atoms with van der Waals surface area (Å²) in [6.45, 7) is 0. The van der Waals surface area contributed by atoms with Gasteiger partial charge in [-0.3, -0.25) is 0 Å². The number of thiazole rings is 1. The summed E-state index contributed by atoms with van der Waals surface area (Å²) in [5, 5.41) is 5.30. The van der Waals surface area contributed by atoms with E-state index in [0.717, 1.165) is 10.6 Å². The van der Waals surface area contributed by atoms with Gasteiger partial charge in [0, 0.05) is 10.9 Å². The van der Waals surface area contributed by atoms with Crippen LogP contribution in [0.2, 0.25) is 0 Å². The van der Waals surface area contributed by atoms with Crippen LogP contribution in [0.4, 0.5) is 5.82 Å². The fraction of sp³-hybridized carbons (Fsp3) is 0. The van der Waals surface area contributed by atoms with Crippen molar-refractivity contribution in [3.8, 4) is 10.6 Å². The zero-order valence-electron chi connectivity index (χ0n) is 8.55. The highest BCUT2D eigenvalue weighted by Gasteiger charge is 2.06. The van der Waals surface area contributed by atoms with Gasteiger partial charge in [-0.25, -0.2) is 4.98 Å². The lowest BCUT2D eigenvalue weighted by Crippen LogP contribution is -1.84. The number of anilines is 1. The van der Waals surface area contributed by atoms with Crippen molar-refractivity contribution in [3.63, 3.8) is 0 Å². The molecule has 0 bridgehead atoms. The molecule has 1 heterocycles. The van der Waals surface area contributed by atoms with Gasteiger partial charge in [0.05, 0.1) is 0 Å². The molecule has 3 aromatic rings. The van der Waals surface area contributed by atoms with Crippen LogP contribution < -0.4 is 5.73 Å². The van der Waals surface area contributed by atoms with Crippen molar-refractivity contribution in [2.45, 2.75) is 0 Å². The molecule has 0 saturated carbocycles. The van der Waals surface area contributed by atoms with E-state index in [1.54, 1.807) is 11.3 Å². The average Bonchev–Trinajstić information content (AvgIpc) is 2.75. The molecular formula is C13H10N2S. The molecule has 2 nitrogen and oxygen atoms in total. The Morgan fingerprint density at radius 3 is 2.62 bits per heavy atom. The predicted octanol–water partition coefficient (Wildman–Crippen LogP) is 3.55. The molecule has 0 aliphatic rings. The first-order valence-corrected chi connectivity index (χ1v) is 5.92. The third-order valence-electron chi connectivity index (χ3n) is 2.54. The third-order valence-corrected chi connectivity index (χ3v) is 3.44. The van der Waals surface area contributed by atoms with Crippen LogP contribution in [-0.4, -0.2) is 4.98 Å². The molecule has 0 aliphatic carbocycles. The zero-order valence-corrected chi connectivity index (χ0v) is 9.37. The summed E-state index contributed by atoms with van der Waals surface area (Å²) >= 11 is 1.58. The van der Waals surface area contributed by atoms with Crippen molar-refractivity contribution in [1.82, 2.24) is 4.98 Å². The number of benzene rings is 2. The first kappa shape index (κ1) is 9.36. The molecule has 0 fully saturated rings. The van der Waals surface area contributed by atoms with Gasteiger partial charge in [-0.15, -0.1) is 11.3 Å². The van der Waals surface area contributed by atoms with Crippen molar-refractivity contribution < 1.29 is 0 Å². The predicted molar refractivity (Wildman–Crippen MR) is 69.5 cm³/mol. The normalized spacial score (nSPS) is 10.8. The van der Waals surface area contributed by atoms with Crippen molar-refractivity contribution >= 4 is 27.9 Å². The second-order valence-corrected chi connectivity index (χ2v) is 4.46. The van der Waals surface area contributed by atoms with E-state index >= 15 is 0 Å². The quantitative estimate of drug-likeness (QED) is 0.689. The van der Waals surface area contributed by atoms with Crippen molar-refractivity contribution in [2.24, 2.45) is 0 Å². The summed E-state index contributed by atoms with van der Waals surface area (Å²) < 4.78 is 0. The van der Waals surface area contributed by atoms with Gasteiger partial charge in [-0.1, -0.05) is 42.5 Å². The SMILES string of the molecule is Nc1csc(-c2cccc3ccccc23)n1. The van der Waals surface area contributed by atoms with Crippen LogP contribution in [0.3, 0.4) is 0 Å². The van der Waals surface area contributed by atoms with Gasteiger partial charge in [-0.2, -0.15) is 0 Å². The number of hydrogen-bond acceptors (Lipinski definition) is 3. The third kappa shape index (κ3) is 1.46. The topological polar surface area (TPSA) is 38.9 Å². The maximum atomic E-state index is 5.66. The minimum absolute atomic E-state index is 0.591. The molecule has 0 saturated heterocycles. The number of hydrogen-bond donors (Lipinski definition) is 1. The Morgan fingerprint density at radius 2 is 1.81 bits per heavy atom. The molecule has 0 atom stereocenters. The summed E-state index contributed by atoms with van der Waals surface area (Å²) in [6.07, 6.45) is 0. The number of rotatable bonds is 1. The standard InChI is InChI=1S/C13H10N2S/c14-12-8-16-13(15-12)11-7-3-5-9-4-1-2-6-10(9)11/h1-8H,14H2. The Balaban J connectivity index is 2.31. The maximum absolute atomic E-state index is 5.66. The van der Waals surface area contributed by atoms with Gasteiger partial charge >= 0.3 is 0 Å². The lowest BCUT2D eigenvalue weighted by molar-refractivity contribution is 1.42. The molecule has 0 amide bonds. The van der Waals surface area contributed by atoms with Crippen LogP contribution in [0.15, 0.2) is 47.8 Å². The average molecular weight is 226 g/mol. The number of aromatic nitrogens is 1. The second kappa shape index (κ2) is 3.61. The largest absolute Gasteiger partial charge is 0.383 e. The van der Waals surface area contributed by atoms with Crippen LogP contribution in [0, 0.1) is 0 Å². The molecule has 1 aromatic heterocycles. The summed E-state index contributed by atoms with van der Waals surface area (Å²) in [5.74, 6) is 0.591. The zero-order chi connectivity index (χ0) is 11.0. The van der Waals surface area contributed by atoms with Crippen molar-refractivity contribution in [3.05, 3.63) is 47.8 Å². The number of fused-ring (bicyclic) bond motifs is 1. The van der Waals surface area contributed by atoms with E-state index in [-0.39, 0.29) is 0 Å². The van der Waals surface area contributed by atoms with Gasteiger partial charge in [0.2, 0.25) is 0 Å². The van der Waals surface area contributed by atoms with E-state index in [9.17, 15) is 0 Å². The highest BCUT2D eigenvalue weighted by atomic mass is 32.1. The Morgan fingerprint density at radius 1 is 1.00 bits per heavy atom. The lowest BCUT2D eigenvalue weighted by atomic mass is 10.1. The highest BCUT2D eigenvalue weighted by molar-refractivity contribution is 7.13. The summed E-state index contributed by atoms with van der Waals surface area (Å²) in [5.41, 5.74) is 6.81. The van der Waals surface area contributed by atoms with Crippen LogP contribution in [0.25, 0.3) is 21.3 Å². The van der Waals surface area contributed by atoms with Crippen LogP contribution >= 0.6 is 11.3 Å². The first-order chi connectivity index (χ1) is 7.84. The van der Waals surface area contributed by atoms with E-state index in [0.29, 0.717) is 5.82 Å². The molecule has 0 aliphatic heterocycles. The van der Waals surface area contributed by atoms with Crippen LogP contribution in [0.1, 0.15) is 0 Å². The minimum atomic E-state index is 0.591. The molecule has 78 valence electrons. The van der Waals surface area contributed by atoms with Gasteiger partial charge < -0.3 is 5.73 Å². The highest BCUT2D eigenvalue weighted by Crippen LogP contribution is 2.31. The summed E-state index contributed by atoms with van der Waals surface area (Å²) in [7, 11) is 0. The monoisotopic (exact) mass is 226 g/mol. The Hall–Kier alpha value is -1.87. The Bertz CT molecular complexity index is 638. The Kier molecular flexibility index (Phi) is 2.11. The molecule has 2 N–H and O–H groups in total. The van der Waals surface area contributed by atoms with E-state index in [4.69, 9.17) is 5.73 Å². The van der Waals surface area contributed by atoms with Crippen molar-refractivity contribution in [2.75, 3.05) is 5.73 Å². The lowest BCUT2D eigenvalue weighted by Gasteiger charge is -2.02. The molecule has 3 rings (SSSR count). The van der Waals surface area contributed by atoms with E-state index in [1.165, 1.54) is 10.8 Å². The van der Waals surface area contributed by atoms with E-state index in [1.807, 2.05) is 17.5 Å². The fourth-order valence-corrected chi connectivity index (χ4v) is 2.57. The van der Waals surface area contributed by atoms with Crippen molar-refractivity contribution in [1.29, 1.82) is 0 Å². The molecule has 2 aromatic carbocycles. The van der Waals surface area contributed by atoms with Gasteiger partial charge in [0.1, 0.15) is 10.8 Å². The smallest absolute Gasteiger partial charge is 0.135 e. The number of nitrogens with two attached hydrogens (primary N) is 1. The maximum Gasteiger partial charge on any atom is 0.135 e. The molecule has 0 unspecified atom stereocenters. The van der Waals surface area contributed by atoms with Gasteiger partial charge in [-0.05, 0) is 10.8 Å². The minimum Gasteiger partial charge on any atom is -0.383 e. The summed E-state index contributed by atoms with van der Waals surface area (Å²) in [4.78, 5) is 4.33. The van der Waals surface area contributed by atoms with Gasteiger partial charge in [0.25, 0.3) is 0 Å². The van der Waals surface area contributed by atoms with Crippen LogP contribution in [-0.2, 0) is 0 Å². The van der Waals surface area contributed by atoms with Crippen LogP contribution in [0.5, 0.6) is 0 Å². The van der Waals surface area contributed by atoms with E-state index < -0.39 is 0 Å². The number of nitrogen functional groups attached to an aromatic ring is 1. The molecular weight excluding hydrogens is 216 g/mol. The Labute approximate surface area is 97.4 Å². The van der Waals surface area contributed by atoms with Gasteiger partial charge in [0.15, 0.2) is 0 Å². The molecule has 0 spiro atoms. The van der Waals surface area contributed by atoms with E-state index in [2.05, 4.69) is 35.3 Å². The molecule has 0 radical (unpaired) electrons. The fourth-order valence-electron chi connectivity index (χ4n) is 1.82. The molecule has 3 heteroatoms.